The highest BCUT2D eigenvalue weighted by Gasteiger charge is 2.64. The van der Waals surface area contributed by atoms with Gasteiger partial charge in [-0.2, -0.15) is 0 Å². The number of aliphatic hydroxyl groups excluding tert-OH is 2. The molecule has 0 saturated heterocycles. The minimum absolute atomic E-state index is 0.0415. The molecule has 2 saturated carbocycles. The quantitative estimate of drug-likeness (QED) is 0.302. The summed E-state index contributed by atoms with van der Waals surface area (Å²) < 4.78 is 0. The van der Waals surface area contributed by atoms with Crippen LogP contribution >= 0.6 is 0 Å². The van der Waals surface area contributed by atoms with Crippen LogP contribution in [0.5, 0.6) is 5.75 Å². The minimum atomic E-state index is -2.62. The van der Waals surface area contributed by atoms with Crippen molar-refractivity contribution in [2.24, 2.45) is 29.4 Å². The maximum atomic E-state index is 14.1. The van der Waals surface area contributed by atoms with E-state index in [4.69, 9.17) is 5.73 Å². The molecule has 1 aromatic rings. The van der Waals surface area contributed by atoms with Gasteiger partial charge in [-0.1, -0.05) is 51.7 Å². The van der Waals surface area contributed by atoms with Crippen molar-refractivity contribution in [3.05, 3.63) is 45.7 Å². The fourth-order valence-corrected chi connectivity index (χ4v) is 8.29. The van der Waals surface area contributed by atoms with Crippen LogP contribution in [-0.4, -0.2) is 68.5 Å². The molecule has 0 aliphatic heterocycles. The second-order valence-electron chi connectivity index (χ2n) is 13.3. The largest absolute Gasteiger partial charge is 0.508 e. The summed E-state index contributed by atoms with van der Waals surface area (Å²) in [6, 6.07) is 2.80. The molecule has 1 aromatic carbocycles. The van der Waals surface area contributed by atoms with Gasteiger partial charge < -0.3 is 26.2 Å². The van der Waals surface area contributed by atoms with Gasteiger partial charge in [-0.3, -0.25) is 19.3 Å². The number of primary amides is 1. The molecule has 5 rings (SSSR count). The minimum Gasteiger partial charge on any atom is -0.508 e. The van der Waals surface area contributed by atoms with Crippen LogP contribution in [0.25, 0.3) is 5.76 Å². The highest BCUT2D eigenvalue weighted by atomic mass is 16.3. The molecule has 0 radical (unpaired) electrons. The standard InChI is InChI=1S/C33H44N2O7/c1-5-6-7-20(17-10-8-16(2)9-11-17)21-13-12-18-14-19-15-22-26(35(3)4)29(38)25(32(34)41)31(40)33(22,42)30(39)24(19)28(37)23(18)27(21)36/h12-13,16-17,19-20,22,26,36-37,40,42H,5-11,14-15H2,1-4H3,(H2,34,41)/t16?,17?,19-,20?,22-,26-,33-/m1/s1. The number of hydrogen-bond acceptors (Lipinski definition) is 8. The summed E-state index contributed by atoms with van der Waals surface area (Å²) in [5.74, 6) is -4.91. The first-order chi connectivity index (χ1) is 19.8. The molecule has 9 heteroatoms. The lowest BCUT2D eigenvalue weighted by Crippen LogP contribution is -2.65. The van der Waals surface area contributed by atoms with Crippen LogP contribution in [0.2, 0.25) is 0 Å². The van der Waals surface area contributed by atoms with Gasteiger partial charge in [0.25, 0.3) is 5.91 Å². The van der Waals surface area contributed by atoms with Crippen molar-refractivity contribution in [1.29, 1.82) is 0 Å². The number of rotatable bonds is 7. The smallest absolute Gasteiger partial charge is 0.255 e. The first kappa shape index (κ1) is 30.3. The van der Waals surface area contributed by atoms with E-state index in [1.807, 2.05) is 12.1 Å². The summed E-state index contributed by atoms with van der Waals surface area (Å²) >= 11 is 0. The topological polar surface area (TPSA) is 161 Å². The molecule has 228 valence electrons. The molecule has 2 fully saturated rings. The number of phenols is 1. The molecule has 42 heavy (non-hydrogen) atoms. The first-order valence-corrected chi connectivity index (χ1v) is 15.3. The van der Waals surface area contributed by atoms with Crippen LogP contribution in [0, 0.1) is 23.7 Å². The summed E-state index contributed by atoms with van der Waals surface area (Å²) in [5, 5.41) is 46.2. The Balaban J connectivity index is 1.62. The van der Waals surface area contributed by atoms with Gasteiger partial charge in [0, 0.05) is 11.5 Å². The summed E-state index contributed by atoms with van der Waals surface area (Å²) in [4.78, 5) is 41.1. The highest BCUT2D eigenvalue weighted by Crippen LogP contribution is 2.54. The van der Waals surface area contributed by atoms with E-state index >= 15 is 0 Å². The van der Waals surface area contributed by atoms with E-state index in [1.54, 1.807) is 14.1 Å². The molecule has 1 unspecified atom stereocenters. The molecule has 1 amide bonds. The fraction of sp³-hybridized carbons (Fsp3) is 0.606. The number of aromatic hydroxyl groups is 1. The van der Waals surface area contributed by atoms with Crippen LogP contribution in [0.15, 0.2) is 29.0 Å². The third-order valence-electron chi connectivity index (χ3n) is 10.5. The van der Waals surface area contributed by atoms with Gasteiger partial charge in [0.2, 0.25) is 5.78 Å². The molecule has 0 bridgehead atoms. The number of amides is 1. The molecule has 9 nitrogen and oxygen atoms in total. The summed E-state index contributed by atoms with van der Waals surface area (Å²) in [7, 11) is 3.18. The maximum absolute atomic E-state index is 14.1. The Kier molecular flexibility index (Phi) is 8.04. The summed E-state index contributed by atoms with van der Waals surface area (Å²) in [6.07, 6.45) is 7.79. The second-order valence-corrected chi connectivity index (χ2v) is 13.3. The lowest BCUT2D eigenvalue weighted by atomic mass is 9.57. The molecular formula is C33H44N2O7. The van der Waals surface area contributed by atoms with Crippen molar-refractivity contribution < 1.29 is 34.8 Å². The van der Waals surface area contributed by atoms with Gasteiger partial charge in [0.05, 0.1) is 11.6 Å². The van der Waals surface area contributed by atoms with Gasteiger partial charge in [-0.15, -0.1) is 0 Å². The third-order valence-corrected chi connectivity index (χ3v) is 10.5. The second kappa shape index (κ2) is 11.2. The van der Waals surface area contributed by atoms with Gasteiger partial charge >= 0.3 is 0 Å². The van der Waals surface area contributed by atoms with Crippen LogP contribution in [0.1, 0.15) is 87.8 Å². The van der Waals surface area contributed by atoms with Crippen LogP contribution in [0.4, 0.5) is 0 Å². The van der Waals surface area contributed by atoms with Crippen molar-refractivity contribution in [2.45, 2.75) is 89.2 Å². The number of unbranched alkanes of at least 4 members (excludes halogenated alkanes) is 1. The first-order valence-electron chi connectivity index (χ1n) is 15.3. The van der Waals surface area contributed by atoms with Crippen molar-refractivity contribution in [3.8, 4) is 5.75 Å². The van der Waals surface area contributed by atoms with E-state index in [2.05, 4.69) is 13.8 Å². The van der Waals surface area contributed by atoms with E-state index in [-0.39, 0.29) is 29.2 Å². The average Bonchev–Trinajstić information content (AvgIpc) is 2.92. The Morgan fingerprint density at radius 3 is 2.38 bits per heavy atom. The van der Waals surface area contributed by atoms with Crippen molar-refractivity contribution in [3.63, 3.8) is 0 Å². The molecule has 6 N–H and O–H groups in total. The number of fused-ring (bicyclic) bond motifs is 3. The van der Waals surface area contributed by atoms with E-state index in [0.717, 1.165) is 50.5 Å². The molecular weight excluding hydrogens is 536 g/mol. The number of hydrogen-bond donors (Lipinski definition) is 5. The average molecular weight is 581 g/mol. The van der Waals surface area contributed by atoms with Crippen molar-refractivity contribution in [2.75, 3.05) is 14.1 Å². The maximum Gasteiger partial charge on any atom is 0.255 e. The number of benzene rings is 1. The zero-order valence-corrected chi connectivity index (χ0v) is 25.0. The van der Waals surface area contributed by atoms with Crippen LogP contribution in [0.3, 0.4) is 0 Å². The number of carbonyl (C=O) groups is 3. The predicted octanol–water partition coefficient (Wildman–Crippen LogP) is 4.06. The molecule has 0 heterocycles. The van der Waals surface area contributed by atoms with Gasteiger partial charge in [0.1, 0.15) is 22.8 Å². The number of likely N-dealkylation sites (N-methyl/N-ethyl adjacent to an activating group) is 1. The lowest BCUT2D eigenvalue weighted by molar-refractivity contribution is -0.153. The third kappa shape index (κ3) is 4.56. The predicted molar refractivity (Wildman–Crippen MR) is 158 cm³/mol. The van der Waals surface area contributed by atoms with Gasteiger partial charge in [-0.25, -0.2) is 0 Å². The summed E-state index contributed by atoms with van der Waals surface area (Å²) in [6.45, 7) is 4.42. The highest BCUT2D eigenvalue weighted by molar-refractivity contribution is 6.24. The molecule has 4 aliphatic rings. The number of nitrogens with zero attached hydrogens (tertiary/aromatic N) is 1. The van der Waals surface area contributed by atoms with Crippen LogP contribution in [-0.2, 0) is 20.8 Å². The zero-order valence-electron chi connectivity index (χ0n) is 25.0. The fourth-order valence-electron chi connectivity index (χ4n) is 8.29. The number of nitrogens with two attached hydrogens (primary N) is 1. The van der Waals surface area contributed by atoms with Gasteiger partial charge in [0.15, 0.2) is 11.4 Å². The zero-order chi connectivity index (χ0) is 30.7. The molecule has 0 spiro atoms. The van der Waals surface area contributed by atoms with E-state index < -0.39 is 58.0 Å². The Morgan fingerprint density at radius 1 is 1.12 bits per heavy atom. The Hall–Kier alpha value is -3.17. The SMILES string of the molecule is CCCCC(c1ccc2c(c1O)C(O)=C1C(=O)[C@@]3(O)C(O)=C(C(N)=O)C(=O)[C@H](N(C)C)[C@H]3C[C@H]1C2)C1CCC(C)CC1. The molecule has 4 aliphatic carbocycles. The van der Waals surface area contributed by atoms with E-state index in [9.17, 15) is 34.8 Å². The van der Waals surface area contributed by atoms with E-state index in [1.165, 1.54) is 4.90 Å². The number of carbonyl (C=O) groups excluding carboxylic acids is 3. The van der Waals surface area contributed by atoms with Gasteiger partial charge in [-0.05, 0) is 81.0 Å². The van der Waals surface area contributed by atoms with Crippen molar-refractivity contribution >= 4 is 23.2 Å². The number of aliphatic hydroxyl groups is 3. The molecule has 5 atom stereocenters. The van der Waals surface area contributed by atoms with E-state index in [0.29, 0.717) is 23.8 Å². The molecule has 0 aromatic heterocycles. The number of ketones is 2. The monoisotopic (exact) mass is 580 g/mol. The number of phenolic OH excluding ortho intramolecular Hbond substituents is 1. The van der Waals surface area contributed by atoms with Crippen LogP contribution < -0.4 is 5.73 Å². The normalized spacial score (nSPS) is 32.0. The Morgan fingerprint density at radius 2 is 1.79 bits per heavy atom. The Labute approximate surface area is 247 Å². The van der Waals surface area contributed by atoms with Crippen molar-refractivity contribution in [1.82, 2.24) is 4.90 Å². The lowest BCUT2D eigenvalue weighted by Gasteiger charge is -2.50. The number of Topliss-reactive ketones (excluding diaryl/α,β-unsaturated/α-hetero) is 2. The Bertz CT molecular complexity index is 1370. The summed E-state index contributed by atoms with van der Waals surface area (Å²) in [5.41, 5.74) is 3.52.